The molecule has 1 atom stereocenters. The molecular formula is C21H35N3O3. The number of hydrogen-bond acceptors (Lipinski definition) is 4. The maximum atomic E-state index is 5.79. The Labute approximate surface area is 163 Å². The second-order valence-electron chi connectivity index (χ2n) is 7.18. The van der Waals surface area contributed by atoms with Crippen molar-refractivity contribution in [1.29, 1.82) is 0 Å². The van der Waals surface area contributed by atoms with E-state index < -0.39 is 0 Å². The summed E-state index contributed by atoms with van der Waals surface area (Å²) in [7, 11) is 0. The molecule has 0 amide bonds. The van der Waals surface area contributed by atoms with Crippen LogP contribution < -0.4 is 15.4 Å². The lowest BCUT2D eigenvalue weighted by atomic mass is 10.2. The molecule has 1 saturated heterocycles. The largest absolute Gasteiger partial charge is 0.493 e. The molecule has 27 heavy (non-hydrogen) atoms. The van der Waals surface area contributed by atoms with Gasteiger partial charge in [-0.25, -0.2) is 4.99 Å². The Morgan fingerprint density at radius 2 is 2.22 bits per heavy atom. The van der Waals surface area contributed by atoms with Crippen molar-refractivity contribution in [3.8, 4) is 5.75 Å². The molecule has 1 aromatic carbocycles. The van der Waals surface area contributed by atoms with Gasteiger partial charge in [-0.15, -0.1) is 0 Å². The van der Waals surface area contributed by atoms with Gasteiger partial charge in [0.1, 0.15) is 5.75 Å². The van der Waals surface area contributed by atoms with Gasteiger partial charge in [0, 0.05) is 26.3 Å². The smallest absolute Gasteiger partial charge is 0.191 e. The molecule has 0 aromatic heterocycles. The zero-order valence-electron chi connectivity index (χ0n) is 17.0. The number of nitrogens with zero attached hydrogens (tertiary/aromatic N) is 1. The predicted octanol–water partition coefficient (Wildman–Crippen LogP) is 2.97. The first-order valence-corrected chi connectivity index (χ1v) is 10.1. The summed E-state index contributed by atoms with van der Waals surface area (Å²) in [6.07, 6.45) is 2.23. The van der Waals surface area contributed by atoms with Crippen molar-refractivity contribution < 1.29 is 14.2 Å². The second kappa shape index (κ2) is 12.6. The number of ether oxygens (including phenoxy) is 3. The van der Waals surface area contributed by atoms with E-state index in [1.165, 1.54) is 0 Å². The van der Waals surface area contributed by atoms with Gasteiger partial charge >= 0.3 is 0 Å². The number of hydrogen-bond donors (Lipinski definition) is 2. The Morgan fingerprint density at radius 3 is 2.96 bits per heavy atom. The van der Waals surface area contributed by atoms with Crippen LogP contribution in [-0.2, 0) is 16.0 Å². The third kappa shape index (κ3) is 9.11. The molecule has 0 bridgehead atoms. The summed E-state index contributed by atoms with van der Waals surface area (Å²) in [5.41, 5.74) is 1.14. The normalized spacial score (nSPS) is 17.3. The van der Waals surface area contributed by atoms with Crippen molar-refractivity contribution in [2.75, 3.05) is 39.5 Å². The SMILES string of the molecule is CCNC(=NCc1cccc(OCC(C)C)c1)NCCCOC1CCOC1. The van der Waals surface area contributed by atoms with Crippen LogP contribution in [0.25, 0.3) is 0 Å². The van der Waals surface area contributed by atoms with E-state index in [0.29, 0.717) is 12.5 Å². The van der Waals surface area contributed by atoms with Crippen LogP contribution in [0.4, 0.5) is 0 Å². The third-order valence-corrected chi connectivity index (χ3v) is 4.10. The minimum Gasteiger partial charge on any atom is -0.493 e. The topological polar surface area (TPSA) is 64.1 Å². The average molecular weight is 378 g/mol. The van der Waals surface area contributed by atoms with Crippen LogP contribution >= 0.6 is 0 Å². The molecular weight excluding hydrogens is 342 g/mol. The molecule has 152 valence electrons. The van der Waals surface area contributed by atoms with E-state index in [1.54, 1.807) is 0 Å². The monoisotopic (exact) mass is 377 g/mol. The summed E-state index contributed by atoms with van der Waals surface area (Å²) in [5, 5.41) is 6.65. The van der Waals surface area contributed by atoms with Gasteiger partial charge < -0.3 is 24.8 Å². The Morgan fingerprint density at radius 1 is 1.33 bits per heavy atom. The van der Waals surface area contributed by atoms with E-state index in [0.717, 1.165) is 69.6 Å². The fraction of sp³-hybridized carbons (Fsp3) is 0.667. The molecule has 1 fully saturated rings. The summed E-state index contributed by atoms with van der Waals surface area (Å²) >= 11 is 0. The molecule has 0 aliphatic carbocycles. The Kier molecular flexibility index (Phi) is 10.0. The molecule has 1 unspecified atom stereocenters. The maximum Gasteiger partial charge on any atom is 0.191 e. The number of benzene rings is 1. The van der Waals surface area contributed by atoms with E-state index in [2.05, 4.69) is 48.5 Å². The Hall–Kier alpha value is -1.79. The van der Waals surface area contributed by atoms with Crippen LogP contribution in [0.1, 0.15) is 39.2 Å². The highest BCUT2D eigenvalue weighted by Gasteiger charge is 2.15. The molecule has 2 N–H and O–H groups in total. The second-order valence-corrected chi connectivity index (χ2v) is 7.18. The molecule has 1 heterocycles. The first-order chi connectivity index (χ1) is 13.2. The van der Waals surface area contributed by atoms with Crippen molar-refractivity contribution >= 4 is 5.96 Å². The Balaban J connectivity index is 1.73. The van der Waals surface area contributed by atoms with Gasteiger partial charge in [0.2, 0.25) is 0 Å². The molecule has 1 aliphatic heterocycles. The molecule has 0 spiro atoms. The van der Waals surface area contributed by atoms with Crippen molar-refractivity contribution in [2.45, 2.75) is 46.3 Å². The van der Waals surface area contributed by atoms with Gasteiger partial charge in [0.05, 0.1) is 25.9 Å². The highest BCUT2D eigenvalue weighted by atomic mass is 16.5. The van der Waals surface area contributed by atoms with E-state index in [-0.39, 0.29) is 6.10 Å². The summed E-state index contributed by atoms with van der Waals surface area (Å²) in [5.74, 6) is 2.25. The molecule has 6 nitrogen and oxygen atoms in total. The summed E-state index contributed by atoms with van der Waals surface area (Å²) < 4.78 is 16.9. The summed E-state index contributed by atoms with van der Waals surface area (Å²) in [4.78, 5) is 4.67. The first kappa shape index (κ1) is 21.5. The predicted molar refractivity (Wildman–Crippen MR) is 109 cm³/mol. The van der Waals surface area contributed by atoms with Crippen molar-refractivity contribution in [1.82, 2.24) is 10.6 Å². The van der Waals surface area contributed by atoms with Gasteiger partial charge in [-0.3, -0.25) is 0 Å². The fourth-order valence-corrected chi connectivity index (χ4v) is 2.68. The van der Waals surface area contributed by atoms with E-state index in [1.807, 2.05) is 12.1 Å². The van der Waals surface area contributed by atoms with Gasteiger partial charge in [-0.05, 0) is 43.4 Å². The average Bonchev–Trinajstić information content (AvgIpc) is 3.18. The third-order valence-electron chi connectivity index (χ3n) is 4.10. The van der Waals surface area contributed by atoms with Crippen LogP contribution in [0, 0.1) is 5.92 Å². The fourth-order valence-electron chi connectivity index (χ4n) is 2.68. The number of nitrogens with one attached hydrogen (secondary N) is 2. The standard InChI is InChI=1S/C21H35N3O3/c1-4-22-21(23-10-6-11-26-20-9-12-25-16-20)24-14-18-7-5-8-19(13-18)27-15-17(2)3/h5,7-8,13,17,20H,4,6,9-12,14-16H2,1-3H3,(H2,22,23,24). The van der Waals surface area contributed by atoms with E-state index >= 15 is 0 Å². The van der Waals surface area contributed by atoms with Gasteiger partial charge in [0.15, 0.2) is 5.96 Å². The van der Waals surface area contributed by atoms with Crippen LogP contribution in [0.5, 0.6) is 5.75 Å². The molecule has 2 rings (SSSR count). The van der Waals surface area contributed by atoms with E-state index in [9.17, 15) is 0 Å². The highest BCUT2D eigenvalue weighted by molar-refractivity contribution is 5.79. The molecule has 6 heteroatoms. The lowest BCUT2D eigenvalue weighted by Gasteiger charge is -2.13. The number of rotatable bonds is 11. The molecule has 0 radical (unpaired) electrons. The van der Waals surface area contributed by atoms with E-state index in [4.69, 9.17) is 14.2 Å². The van der Waals surface area contributed by atoms with Gasteiger partial charge in [-0.2, -0.15) is 0 Å². The molecule has 0 saturated carbocycles. The zero-order chi connectivity index (χ0) is 19.3. The minimum atomic E-state index is 0.275. The lowest BCUT2D eigenvalue weighted by Crippen LogP contribution is -2.38. The van der Waals surface area contributed by atoms with Crippen LogP contribution in [0.3, 0.4) is 0 Å². The van der Waals surface area contributed by atoms with Crippen molar-refractivity contribution in [2.24, 2.45) is 10.9 Å². The number of aliphatic imine (C=N–C) groups is 1. The lowest BCUT2D eigenvalue weighted by molar-refractivity contribution is 0.0420. The summed E-state index contributed by atoms with van der Waals surface area (Å²) in [6.45, 7) is 11.7. The maximum absolute atomic E-state index is 5.79. The van der Waals surface area contributed by atoms with Gasteiger partial charge in [0.25, 0.3) is 0 Å². The minimum absolute atomic E-state index is 0.275. The highest BCUT2D eigenvalue weighted by Crippen LogP contribution is 2.15. The van der Waals surface area contributed by atoms with Crippen molar-refractivity contribution in [3.05, 3.63) is 29.8 Å². The first-order valence-electron chi connectivity index (χ1n) is 10.1. The molecule has 1 aliphatic rings. The molecule has 1 aromatic rings. The van der Waals surface area contributed by atoms with Crippen LogP contribution in [0.2, 0.25) is 0 Å². The van der Waals surface area contributed by atoms with Crippen LogP contribution in [0.15, 0.2) is 29.3 Å². The summed E-state index contributed by atoms with van der Waals surface area (Å²) in [6, 6.07) is 8.15. The Bertz CT molecular complexity index is 557. The quantitative estimate of drug-likeness (QED) is 0.353. The van der Waals surface area contributed by atoms with Gasteiger partial charge in [-0.1, -0.05) is 26.0 Å². The van der Waals surface area contributed by atoms with Crippen LogP contribution in [-0.4, -0.2) is 51.6 Å². The zero-order valence-corrected chi connectivity index (χ0v) is 17.0. The number of guanidine groups is 1. The van der Waals surface area contributed by atoms with Crippen molar-refractivity contribution in [3.63, 3.8) is 0 Å².